The number of amides is 1. The zero-order valence-corrected chi connectivity index (χ0v) is 20.8. The molecule has 5 aromatic heterocycles. The molecule has 38 heavy (non-hydrogen) atoms. The first kappa shape index (κ1) is 22.1. The van der Waals surface area contributed by atoms with E-state index in [0.717, 1.165) is 55.4 Å². The molecule has 0 saturated heterocycles. The quantitative estimate of drug-likeness (QED) is 0.228. The van der Waals surface area contributed by atoms with Crippen molar-refractivity contribution in [3.8, 4) is 33.6 Å². The number of rotatable bonds is 5. The molecule has 0 aliphatic heterocycles. The minimum Gasteiger partial charge on any atom is -0.352 e. The summed E-state index contributed by atoms with van der Waals surface area (Å²) in [5.41, 5.74) is 8.97. The van der Waals surface area contributed by atoms with Crippen molar-refractivity contribution in [2.45, 2.75) is 0 Å². The predicted octanol–water partition coefficient (Wildman–Crippen LogP) is 7.15. The number of fused-ring (bicyclic) bond motifs is 2. The maximum absolute atomic E-state index is 12.6. The van der Waals surface area contributed by atoms with Gasteiger partial charge in [0.25, 0.3) is 5.91 Å². The number of thiophene rings is 1. The predicted molar refractivity (Wildman–Crippen MR) is 152 cm³/mol. The topological polar surface area (TPSA) is 99.3 Å². The van der Waals surface area contributed by atoms with Crippen molar-refractivity contribution in [1.82, 2.24) is 25.1 Å². The number of nitrogens with zero attached hydrogens (tertiary/aromatic N) is 3. The van der Waals surface area contributed by atoms with Crippen LogP contribution >= 0.6 is 11.3 Å². The highest BCUT2D eigenvalue weighted by atomic mass is 32.1. The number of aromatic amines is 2. The zero-order valence-electron chi connectivity index (χ0n) is 20.0. The van der Waals surface area contributed by atoms with Gasteiger partial charge in [-0.05, 0) is 64.4 Å². The lowest BCUT2D eigenvalue weighted by Gasteiger charge is -2.08. The molecule has 8 heteroatoms. The number of aromatic nitrogens is 5. The third-order valence-corrected chi connectivity index (χ3v) is 7.24. The second kappa shape index (κ2) is 9.10. The smallest absolute Gasteiger partial charge is 0.255 e. The van der Waals surface area contributed by atoms with E-state index in [4.69, 9.17) is 0 Å². The lowest BCUT2D eigenvalue weighted by molar-refractivity contribution is 0.102. The van der Waals surface area contributed by atoms with Crippen LogP contribution in [-0.4, -0.2) is 31.1 Å². The molecule has 7 aromatic rings. The number of hydrogen-bond acceptors (Lipinski definition) is 5. The summed E-state index contributed by atoms with van der Waals surface area (Å²) < 4.78 is 0. The molecule has 0 unspecified atom stereocenters. The molecule has 182 valence electrons. The van der Waals surface area contributed by atoms with Crippen LogP contribution in [0.25, 0.3) is 55.4 Å². The molecule has 5 heterocycles. The fourth-order valence-electron chi connectivity index (χ4n) is 4.68. The molecule has 0 spiro atoms. The van der Waals surface area contributed by atoms with Crippen molar-refractivity contribution in [3.05, 3.63) is 108 Å². The molecule has 1 amide bonds. The maximum atomic E-state index is 12.6. The van der Waals surface area contributed by atoms with Gasteiger partial charge in [-0.25, -0.2) is 0 Å². The van der Waals surface area contributed by atoms with Gasteiger partial charge in [0.05, 0.1) is 34.8 Å². The van der Waals surface area contributed by atoms with Crippen LogP contribution in [0.2, 0.25) is 0 Å². The van der Waals surface area contributed by atoms with Crippen molar-refractivity contribution in [1.29, 1.82) is 0 Å². The Morgan fingerprint density at radius 3 is 2.55 bits per heavy atom. The van der Waals surface area contributed by atoms with Crippen LogP contribution in [0.3, 0.4) is 0 Å². The van der Waals surface area contributed by atoms with Crippen LogP contribution < -0.4 is 5.32 Å². The summed E-state index contributed by atoms with van der Waals surface area (Å²) in [6.07, 6.45) is 7.19. The summed E-state index contributed by atoms with van der Waals surface area (Å²) in [4.78, 5) is 24.9. The fourth-order valence-corrected chi connectivity index (χ4v) is 5.34. The molecular formula is C30H20N6OS. The standard InChI is InChI=1S/C30H20N6OS/c37-30(18-4-2-1-3-5-18)33-22-10-21(13-31-14-22)19-6-7-26-24(11-19)29(36-35-26)27-12-23-25(20-8-9-38-17-20)15-32-16-28(23)34-27/h1-17,34H,(H,33,37)(H,35,36). The number of pyridine rings is 2. The van der Waals surface area contributed by atoms with Gasteiger partial charge >= 0.3 is 0 Å². The van der Waals surface area contributed by atoms with Crippen LogP contribution in [0.4, 0.5) is 5.69 Å². The lowest BCUT2D eigenvalue weighted by atomic mass is 10.0. The molecule has 0 saturated carbocycles. The fraction of sp³-hybridized carbons (Fsp3) is 0. The summed E-state index contributed by atoms with van der Waals surface area (Å²) in [5.74, 6) is -0.174. The van der Waals surface area contributed by atoms with Crippen LogP contribution in [0, 0.1) is 0 Å². The molecule has 0 aliphatic carbocycles. The molecule has 7 rings (SSSR count). The molecule has 0 fully saturated rings. The molecule has 0 aliphatic rings. The molecule has 7 nitrogen and oxygen atoms in total. The van der Waals surface area contributed by atoms with E-state index in [9.17, 15) is 4.79 Å². The monoisotopic (exact) mass is 512 g/mol. The number of anilines is 1. The maximum Gasteiger partial charge on any atom is 0.255 e. The Kier molecular flexibility index (Phi) is 5.30. The summed E-state index contributed by atoms with van der Waals surface area (Å²) in [6, 6.07) is 21.4. The van der Waals surface area contributed by atoms with Gasteiger partial charge in [0.15, 0.2) is 0 Å². The first-order valence-electron chi connectivity index (χ1n) is 12.0. The molecule has 0 bridgehead atoms. The first-order valence-corrected chi connectivity index (χ1v) is 13.0. The van der Waals surface area contributed by atoms with E-state index >= 15 is 0 Å². The van der Waals surface area contributed by atoms with Gasteiger partial charge in [-0.15, -0.1) is 0 Å². The molecule has 3 N–H and O–H groups in total. The van der Waals surface area contributed by atoms with Crippen molar-refractivity contribution < 1.29 is 4.79 Å². The van der Waals surface area contributed by atoms with Crippen molar-refractivity contribution in [3.63, 3.8) is 0 Å². The highest BCUT2D eigenvalue weighted by Crippen LogP contribution is 2.35. The van der Waals surface area contributed by atoms with E-state index in [1.165, 1.54) is 0 Å². The van der Waals surface area contributed by atoms with E-state index < -0.39 is 0 Å². The minimum atomic E-state index is -0.174. The SMILES string of the molecule is O=C(Nc1cncc(-c2ccc3[nH]nc(-c4cc5c(-c6ccsc6)cncc5[nH]4)c3c2)c1)c1ccccc1. The Hall–Kier alpha value is -5.08. The van der Waals surface area contributed by atoms with Gasteiger partial charge < -0.3 is 10.3 Å². The third-order valence-electron chi connectivity index (χ3n) is 6.56. The Balaban J connectivity index is 1.25. The summed E-state index contributed by atoms with van der Waals surface area (Å²) in [5, 5.41) is 17.0. The van der Waals surface area contributed by atoms with Crippen molar-refractivity contribution in [2.75, 3.05) is 5.32 Å². The molecule has 0 radical (unpaired) electrons. The Labute approximate surface area is 221 Å². The summed E-state index contributed by atoms with van der Waals surface area (Å²) >= 11 is 1.67. The van der Waals surface area contributed by atoms with Crippen LogP contribution in [0.15, 0.2) is 102 Å². The number of nitrogens with one attached hydrogen (secondary N) is 3. The normalized spacial score (nSPS) is 11.3. The van der Waals surface area contributed by atoms with E-state index in [0.29, 0.717) is 11.3 Å². The lowest BCUT2D eigenvalue weighted by Crippen LogP contribution is -2.11. The van der Waals surface area contributed by atoms with Crippen molar-refractivity contribution in [2.24, 2.45) is 0 Å². The van der Waals surface area contributed by atoms with E-state index in [1.807, 2.05) is 48.8 Å². The summed E-state index contributed by atoms with van der Waals surface area (Å²) in [6.45, 7) is 0. The minimum absolute atomic E-state index is 0.174. The number of carbonyl (C=O) groups is 1. The van der Waals surface area contributed by atoms with E-state index in [1.54, 1.807) is 35.9 Å². The number of carbonyl (C=O) groups excluding carboxylic acids is 1. The number of hydrogen-bond donors (Lipinski definition) is 3. The number of benzene rings is 2. The molecule has 0 atom stereocenters. The Morgan fingerprint density at radius 1 is 0.789 bits per heavy atom. The second-order valence-corrected chi connectivity index (χ2v) is 9.74. The highest BCUT2D eigenvalue weighted by Gasteiger charge is 2.15. The largest absolute Gasteiger partial charge is 0.352 e. The second-order valence-electron chi connectivity index (χ2n) is 8.96. The van der Waals surface area contributed by atoms with Crippen LogP contribution in [0.5, 0.6) is 0 Å². The molecular weight excluding hydrogens is 492 g/mol. The van der Waals surface area contributed by atoms with Gasteiger partial charge in [0.1, 0.15) is 5.69 Å². The van der Waals surface area contributed by atoms with Gasteiger partial charge in [-0.3, -0.25) is 19.9 Å². The third kappa shape index (κ3) is 3.93. The number of H-pyrrole nitrogens is 2. The summed E-state index contributed by atoms with van der Waals surface area (Å²) in [7, 11) is 0. The van der Waals surface area contributed by atoms with E-state index in [2.05, 4.69) is 59.4 Å². The van der Waals surface area contributed by atoms with Gasteiger partial charge in [-0.1, -0.05) is 24.3 Å². The first-order chi connectivity index (χ1) is 18.7. The average Bonchev–Trinajstić information content (AvgIpc) is 3.73. The van der Waals surface area contributed by atoms with E-state index in [-0.39, 0.29) is 5.91 Å². The van der Waals surface area contributed by atoms with Gasteiger partial charge in [0.2, 0.25) is 0 Å². The van der Waals surface area contributed by atoms with Crippen LogP contribution in [0.1, 0.15) is 10.4 Å². The van der Waals surface area contributed by atoms with Crippen LogP contribution in [-0.2, 0) is 0 Å². The average molecular weight is 513 g/mol. The van der Waals surface area contributed by atoms with Gasteiger partial charge in [-0.2, -0.15) is 16.4 Å². The highest BCUT2D eigenvalue weighted by molar-refractivity contribution is 7.08. The molecule has 2 aromatic carbocycles. The Morgan fingerprint density at radius 2 is 1.68 bits per heavy atom. The van der Waals surface area contributed by atoms with Crippen molar-refractivity contribution >= 4 is 44.7 Å². The zero-order chi connectivity index (χ0) is 25.5. The Bertz CT molecular complexity index is 1920. The van der Waals surface area contributed by atoms with Gasteiger partial charge in [0, 0.05) is 39.9 Å².